The first-order valence-electron chi connectivity index (χ1n) is 4.43. The second-order valence-corrected chi connectivity index (χ2v) is 3.86. The van der Waals surface area contributed by atoms with E-state index in [0.29, 0.717) is 0 Å². The molecular weight excluding hydrogens is 197 g/mol. The van der Waals surface area contributed by atoms with E-state index in [9.17, 15) is 18.0 Å². The number of hydrogen-bond acceptors (Lipinski definition) is 1. The topological polar surface area (TPSA) is 37.3 Å². The number of carbonyl (C=O) groups is 1. The smallest absolute Gasteiger partial charge is 0.394 e. The molecule has 0 aromatic carbocycles. The predicted octanol–water partition coefficient (Wildman–Crippen LogP) is 3.08. The molecule has 0 spiro atoms. The Morgan fingerprint density at radius 3 is 2.07 bits per heavy atom. The fraction of sp³-hybridized carbons (Fsp3) is 0.889. The van der Waals surface area contributed by atoms with Gasteiger partial charge in [-0.2, -0.15) is 13.2 Å². The largest absolute Gasteiger partial charge is 0.481 e. The number of hydrogen-bond donors (Lipinski definition) is 1. The van der Waals surface area contributed by atoms with E-state index >= 15 is 0 Å². The van der Waals surface area contributed by atoms with Crippen molar-refractivity contribution < 1.29 is 23.1 Å². The summed E-state index contributed by atoms with van der Waals surface area (Å²) in [5, 5.41) is 8.54. The number of carboxylic acids is 1. The van der Waals surface area contributed by atoms with Crippen molar-refractivity contribution in [1.29, 1.82) is 0 Å². The molecule has 84 valence electrons. The molecule has 1 N–H and O–H groups in total. The highest BCUT2D eigenvalue weighted by Gasteiger charge is 2.50. The van der Waals surface area contributed by atoms with E-state index < -0.39 is 23.5 Å². The zero-order valence-electron chi connectivity index (χ0n) is 8.48. The SMILES string of the molecule is CCC(C)(CC(C)C(=O)O)C(F)(F)F. The van der Waals surface area contributed by atoms with Gasteiger partial charge in [0, 0.05) is 0 Å². The van der Waals surface area contributed by atoms with Crippen LogP contribution in [0, 0.1) is 11.3 Å². The number of carboxylic acid groups (broad SMARTS) is 1. The fourth-order valence-corrected chi connectivity index (χ4v) is 1.22. The summed E-state index contributed by atoms with van der Waals surface area (Å²) in [6.07, 6.45) is -4.82. The molecule has 0 rings (SSSR count). The lowest BCUT2D eigenvalue weighted by Crippen LogP contribution is -2.37. The molecule has 0 radical (unpaired) electrons. The Morgan fingerprint density at radius 2 is 1.86 bits per heavy atom. The minimum Gasteiger partial charge on any atom is -0.481 e. The summed E-state index contributed by atoms with van der Waals surface area (Å²) >= 11 is 0. The molecule has 0 aliphatic carbocycles. The van der Waals surface area contributed by atoms with E-state index in [1.54, 1.807) is 0 Å². The van der Waals surface area contributed by atoms with Gasteiger partial charge in [0.15, 0.2) is 0 Å². The summed E-state index contributed by atoms with van der Waals surface area (Å²) < 4.78 is 37.6. The van der Waals surface area contributed by atoms with Crippen molar-refractivity contribution in [2.45, 2.75) is 39.8 Å². The van der Waals surface area contributed by atoms with Gasteiger partial charge in [-0.1, -0.05) is 20.8 Å². The van der Waals surface area contributed by atoms with Gasteiger partial charge in [-0.15, -0.1) is 0 Å². The van der Waals surface area contributed by atoms with E-state index in [-0.39, 0.29) is 12.8 Å². The van der Waals surface area contributed by atoms with Gasteiger partial charge >= 0.3 is 12.1 Å². The van der Waals surface area contributed by atoms with Crippen LogP contribution in [0.1, 0.15) is 33.6 Å². The van der Waals surface area contributed by atoms with Crippen molar-refractivity contribution in [3.8, 4) is 0 Å². The van der Waals surface area contributed by atoms with Crippen molar-refractivity contribution in [2.75, 3.05) is 0 Å². The van der Waals surface area contributed by atoms with E-state index in [2.05, 4.69) is 0 Å². The maximum atomic E-state index is 12.5. The van der Waals surface area contributed by atoms with Crippen LogP contribution in [0.3, 0.4) is 0 Å². The lowest BCUT2D eigenvalue weighted by molar-refractivity contribution is -0.225. The second-order valence-electron chi connectivity index (χ2n) is 3.86. The van der Waals surface area contributed by atoms with Gasteiger partial charge in [0.1, 0.15) is 0 Å². The van der Waals surface area contributed by atoms with Crippen LogP contribution in [0.5, 0.6) is 0 Å². The minimum atomic E-state index is -4.34. The molecule has 0 heterocycles. The number of halogens is 3. The van der Waals surface area contributed by atoms with Crippen LogP contribution < -0.4 is 0 Å². The van der Waals surface area contributed by atoms with Crippen molar-refractivity contribution >= 4 is 5.97 Å². The zero-order chi connectivity index (χ0) is 11.6. The second kappa shape index (κ2) is 4.19. The average molecular weight is 212 g/mol. The monoisotopic (exact) mass is 212 g/mol. The molecule has 0 aromatic rings. The summed E-state index contributed by atoms with van der Waals surface area (Å²) in [5.41, 5.74) is -1.90. The highest BCUT2D eigenvalue weighted by Crippen LogP contribution is 2.45. The predicted molar refractivity (Wildman–Crippen MR) is 45.9 cm³/mol. The molecule has 2 unspecified atom stereocenters. The summed E-state index contributed by atoms with van der Waals surface area (Å²) in [7, 11) is 0. The minimum absolute atomic E-state index is 0.103. The maximum absolute atomic E-state index is 12.5. The third kappa shape index (κ3) is 2.89. The molecule has 0 fully saturated rings. The van der Waals surface area contributed by atoms with Crippen LogP contribution in [0.2, 0.25) is 0 Å². The van der Waals surface area contributed by atoms with Crippen molar-refractivity contribution in [3.63, 3.8) is 0 Å². The van der Waals surface area contributed by atoms with E-state index in [0.717, 1.165) is 6.92 Å². The molecule has 2 nitrogen and oxygen atoms in total. The average Bonchev–Trinajstić information content (AvgIpc) is 2.01. The van der Waals surface area contributed by atoms with Gasteiger partial charge in [0.05, 0.1) is 11.3 Å². The van der Waals surface area contributed by atoms with Crippen molar-refractivity contribution in [3.05, 3.63) is 0 Å². The highest BCUT2D eigenvalue weighted by atomic mass is 19.4. The Bertz CT molecular complexity index is 213. The van der Waals surface area contributed by atoms with Crippen LogP contribution in [-0.4, -0.2) is 17.3 Å². The van der Waals surface area contributed by atoms with E-state index in [1.807, 2.05) is 0 Å². The van der Waals surface area contributed by atoms with Crippen LogP contribution in [-0.2, 0) is 4.79 Å². The first-order chi connectivity index (χ1) is 6.14. The van der Waals surface area contributed by atoms with Gasteiger partial charge in [-0.05, 0) is 12.8 Å². The lowest BCUT2D eigenvalue weighted by Gasteiger charge is -2.32. The molecule has 0 bridgehead atoms. The van der Waals surface area contributed by atoms with E-state index in [1.165, 1.54) is 13.8 Å². The molecule has 0 aromatic heterocycles. The molecule has 0 saturated carbocycles. The molecule has 0 amide bonds. The molecule has 2 atom stereocenters. The third-order valence-electron chi connectivity index (χ3n) is 2.64. The first kappa shape index (κ1) is 13.3. The molecule has 5 heteroatoms. The summed E-state index contributed by atoms with van der Waals surface area (Å²) in [6, 6.07) is 0. The maximum Gasteiger partial charge on any atom is 0.394 e. The van der Waals surface area contributed by atoms with Crippen molar-refractivity contribution in [1.82, 2.24) is 0 Å². The van der Waals surface area contributed by atoms with Crippen molar-refractivity contribution in [2.24, 2.45) is 11.3 Å². The molecule has 0 aliphatic heterocycles. The quantitative estimate of drug-likeness (QED) is 0.777. The fourth-order valence-electron chi connectivity index (χ4n) is 1.22. The molecular formula is C9H15F3O2. The van der Waals surface area contributed by atoms with Gasteiger partial charge in [0.25, 0.3) is 0 Å². The summed E-state index contributed by atoms with van der Waals surface area (Å²) in [4.78, 5) is 10.5. The van der Waals surface area contributed by atoms with Gasteiger partial charge < -0.3 is 5.11 Å². The molecule has 0 aliphatic rings. The Hall–Kier alpha value is -0.740. The number of aliphatic carboxylic acids is 1. The van der Waals surface area contributed by atoms with E-state index in [4.69, 9.17) is 5.11 Å². The van der Waals surface area contributed by atoms with Gasteiger partial charge in [-0.25, -0.2) is 0 Å². The Balaban J connectivity index is 4.65. The number of alkyl halides is 3. The van der Waals surface area contributed by atoms with Crippen LogP contribution in [0.25, 0.3) is 0 Å². The van der Waals surface area contributed by atoms with Crippen LogP contribution >= 0.6 is 0 Å². The first-order valence-corrected chi connectivity index (χ1v) is 4.43. The summed E-state index contributed by atoms with van der Waals surface area (Å²) in [6.45, 7) is 3.77. The molecule has 0 saturated heterocycles. The zero-order valence-corrected chi connectivity index (χ0v) is 8.48. The highest BCUT2D eigenvalue weighted by molar-refractivity contribution is 5.69. The van der Waals surface area contributed by atoms with Crippen LogP contribution in [0.15, 0.2) is 0 Å². The Morgan fingerprint density at radius 1 is 1.43 bits per heavy atom. The van der Waals surface area contributed by atoms with Crippen LogP contribution in [0.4, 0.5) is 13.2 Å². The van der Waals surface area contributed by atoms with Gasteiger partial charge in [0.2, 0.25) is 0 Å². The standard InChI is InChI=1S/C9H15F3O2/c1-4-8(3,9(10,11)12)5-6(2)7(13)14/h6H,4-5H2,1-3H3,(H,13,14). The lowest BCUT2D eigenvalue weighted by atomic mass is 9.78. The normalized spacial score (nSPS) is 18.7. The Kier molecular flexibility index (Phi) is 3.97. The number of rotatable bonds is 4. The van der Waals surface area contributed by atoms with Gasteiger partial charge in [-0.3, -0.25) is 4.79 Å². The Labute approximate surface area is 81.1 Å². The third-order valence-corrected chi connectivity index (χ3v) is 2.64. The molecule has 14 heavy (non-hydrogen) atoms. The summed E-state index contributed by atoms with van der Waals surface area (Å²) in [5.74, 6) is -2.16.